The maximum absolute atomic E-state index is 13.8. The van der Waals surface area contributed by atoms with Crippen LogP contribution in [-0.4, -0.2) is 45.9 Å². The van der Waals surface area contributed by atoms with Gasteiger partial charge in [0.2, 0.25) is 5.91 Å². The number of thiocarbonyl (C=S) groups is 1. The topological polar surface area (TPSA) is 86.4 Å². The molecule has 9 heteroatoms. The number of carbonyl (C=O) groups excluding carboxylic acids is 2. The van der Waals surface area contributed by atoms with Gasteiger partial charge in [-0.2, -0.15) is 0 Å². The van der Waals surface area contributed by atoms with E-state index < -0.39 is 0 Å². The van der Waals surface area contributed by atoms with E-state index in [1.54, 1.807) is 23.7 Å². The van der Waals surface area contributed by atoms with Crippen molar-refractivity contribution < 1.29 is 9.59 Å². The Kier molecular flexibility index (Phi) is 5.56. The van der Waals surface area contributed by atoms with E-state index in [1.165, 1.54) is 17.7 Å². The zero-order valence-electron chi connectivity index (χ0n) is 19.1. The number of rotatable bonds is 5. The number of fused-ring (bicyclic) bond motifs is 1. The molecule has 6 rings (SSSR count). The number of aromatic nitrogens is 1. The van der Waals surface area contributed by atoms with E-state index in [1.807, 2.05) is 17.0 Å². The molecule has 1 unspecified atom stereocenters. The Hall–Kier alpha value is -2.52. The molecular formula is C25H29N5O2S2. The highest BCUT2D eigenvalue weighted by Gasteiger charge is 2.49. The number of nitrogens with one attached hydrogen (secondary N) is 3. The van der Waals surface area contributed by atoms with Gasteiger partial charge in [0.05, 0.1) is 17.4 Å². The molecule has 0 aromatic carbocycles. The van der Waals surface area contributed by atoms with Gasteiger partial charge in [0.15, 0.2) is 5.11 Å². The first-order valence-electron chi connectivity index (χ1n) is 12.2. The third-order valence-corrected chi connectivity index (χ3v) is 9.02. The second-order valence-electron chi connectivity index (χ2n) is 10.2. The normalized spacial score (nSPS) is 22.2. The zero-order valence-corrected chi connectivity index (χ0v) is 20.7. The first-order valence-corrected chi connectivity index (χ1v) is 13.4. The van der Waals surface area contributed by atoms with Gasteiger partial charge in [-0.25, -0.2) is 0 Å². The first kappa shape index (κ1) is 22.0. The van der Waals surface area contributed by atoms with Crippen LogP contribution in [0, 0.1) is 11.3 Å². The van der Waals surface area contributed by atoms with Crippen LogP contribution >= 0.6 is 23.6 Å². The second kappa shape index (κ2) is 8.61. The fourth-order valence-electron chi connectivity index (χ4n) is 5.22. The van der Waals surface area contributed by atoms with Crippen LogP contribution in [0.25, 0.3) is 0 Å². The highest BCUT2D eigenvalue weighted by Crippen LogP contribution is 2.53. The lowest BCUT2D eigenvalue weighted by Crippen LogP contribution is -2.41. The molecule has 178 valence electrons. The van der Waals surface area contributed by atoms with E-state index in [-0.39, 0.29) is 23.8 Å². The average Bonchev–Trinajstić information content (AvgIpc) is 3.73. The Morgan fingerprint density at radius 3 is 2.74 bits per heavy atom. The number of hydrogen-bond donors (Lipinski definition) is 3. The number of anilines is 2. The lowest BCUT2D eigenvalue weighted by molar-refractivity contribution is -0.117. The Labute approximate surface area is 208 Å². The summed E-state index contributed by atoms with van der Waals surface area (Å²) < 4.78 is 0. The number of amides is 2. The van der Waals surface area contributed by atoms with Crippen LogP contribution in [0.1, 0.15) is 59.3 Å². The van der Waals surface area contributed by atoms with Crippen molar-refractivity contribution in [3.8, 4) is 0 Å². The van der Waals surface area contributed by atoms with Crippen LogP contribution in [0.5, 0.6) is 0 Å². The van der Waals surface area contributed by atoms with Crippen LogP contribution in [0.15, 0.2) is 24.5 Å². The van der Waals surface area contributed by atoms with Gasteiger partial charge in [0.1, 0.15) is 5.00 Å². The molecule has 34 heavy (non-hydrogen) atoms. The molecule has 0 radical (unpaired) electrons. The monoisotopic (exact) mass is 495 g/mol. The van der Waals surface area contributed by atoms with E-state index in [2.05, 4.69) is 20.9 Å². The summed E-state index contributed by atoms with van der Waals surface area (Å²) >= 11 is 7.14. The van der Waals surface area contributed by atoms with Crippen molar-refractivity contribution >= 4 is 51.2 Å². The Bertz CT molecular complexity index is 1140. The molecule has 0 bridgehead atoms. The SMILES string of the molecule is O=C(Nc1sc2c(c1C(=O)N1CCC3(CC3)C1)CC(NC(=S)Nc1cccnc1)CC2)C1CC1. The third-order valence-electron chi connectivity index (χ3n) is 7.60. The van der Waals surface area contributed by atoms with Crippen molar-refractivity contribution in [2.24, 2.45) is 11.3 Å². The zero-order chi connectivity index (χ0) is 23.3. The first-order chi connectivity index (χ1) is 16.5. The minimum absolute atomic E-state index is 0.0595. The molecule has 3 aliphatic carbocycles. The standard InChI is InChI=1S/C25H29N5O2S2/c31-21(15-3-4-15)29-22-20(23(32)30-11-9-25(14-30)7-8-25)18-12-16(5-6-19(18)34-22)27-24(33)28-17-2-1-10-26-13-17/h1-2,10,13,15-16H,3-9,11-12,14H2,(H,29,31)(H2,27,28,33). The van der Waals surface area contributed by atoms with Crippen LogP contribution in [0.4, 0.5) is 10.7 Å². The second-order valence-corrected chi connectivity index (χ2v) is 11.7. The van der Waals surface area contributed by atoms with Crippen molar-refractivity contribution in [2.75, 3.05) is 23.7 Å². The molecule has 2 aromatic heterocycles. The fourth-order valence-corrected chi connectivity index (χ4v) is 6.75. The molecule has 1 saturated heterocycles. The van der Waals surface area contributed by atoms with E-state index in [0.717, 1.165) is 73.4 Å². The van der Waals surface area contributed by atoms with Crippen LogP contribution in [0.3, 0.4) is 0 Å². The number of aryl methyl sites for hydroxylation is 1. The maximum Gasteiger partial charge on any atom is 0.257 e. The number of likely N-dealkylation sites (tertiary alicyclic amines) is 1. The van der Waals surface area contributed by atoms with Crippen molar-refractivity contribution in [3.05, 3.63) is 40.5 Å². The molecule has 2 saturated carbocycles. The minimum atomic E-state index is 0.0595. The molecule has 1 aliphatic heterocycles. The van der Waals surface area contributed by atoms with Crippen LogP contribution < -0.4 is 16.0 Å². The number of pyridine rings is 1. The highest BCUT2D eigenvalue weighted by atomic mass is 32.1. The molecule has 3 fully saturated rings. The van der Waals surface area contributed by atoms with Crippen molar-refractivity contribution in [2.45, 2.75) is 57.4 Å². The molecule has 4 aliphatic rings. The van der Waals surface area contributed by atoms with Crippen LogP contribution in [0.2, 0.25) is 0 Å². The molecule has 2 amide bonds. The van der Waals surface area contributed by atoms with Gasteiger partial charge in [0, 0.05) is 36.1 Å². The molecule has 1 spiro atoms. The summed E-state index contributed by atoms with van der Waals surface area (Å²) in [5, 5.41) is 11.1. The van der Waals surface area contributed by atoms with Gasteiger partial charge in [-0.05, 0) is 86.7 Å². The lowest BCUT2D eigenvalue weighted by Gasteiger charge is -2.26. The average molecular weight is 496 g/mol. The molecule has 3 heterocycles. The van der Waals surface area contributed by atoms with Gasteiger partial charge in [-0.15, -0.1) is 11.3 Å². The summed E-state index contributed by atoms with van der Waals surface area (Å²) in [7, 11) is 0. The summed E-state index contributed by atoms with van der Waals surface area (Å²) in [6, 6.07) is 3.92. The van der Waals surface area contributed by atoms with E-state index >= 15 is 0 Å². The summed E-state index contributed by atoms with van der Waals surface area (Å²) in [4.78, 5) is 33.7. The summed E-state index contributed by atoms with van der Waals surface area (Å²) in [5.74, 6) is 0.252. The van der Waals surface area contributed by atoms with E-state index in [4.69, 9.17) is 12.2 Å². The van der Waals surface area contributed by atoms with Crippen LogP contribution in [-0.2, 0) is 17.6 Å². The van der Waals surface area contributed by atoms with Crippen molar-refractivity contribution in [1.82, 2.24) is 15.2 Å². The summed E-state index contributed by atoms with van der Waals surface area (Å²) in [6.07, 6.45) is 11.5. The van der Waals surface area contributed by atoms with Crippen molar-refractivity contribution in [3.63, 3.8) is 0 Å². The molecule has 3 N–H and O–H groups in total. The Morgan fingerprint density at radius 1 is 1.18 bits per heavy atom. The Morgan fingerprint density at radius 2 is 2.03 bits per heavy atom. The largest absolute Gasteiger partial charge is 0.359 e. The summed E-state index contributed by atoms with van der Waals surface area (Å²) in [5.41, 5.74) is 3.03. The number of thiophene rings is 1. The number of hydrogen-bond acceptors (Lipinski definition) is 5. The lowest BCUT2D eigenvalue weighted by atomic mass is 9.91. The maximum atomic E-state index is 13.8. The third kappa shape index (κ3) is 4.43. The van der Waals surface area contributed by atoms with Gasteiger partial charge in [0.25, 0.3) is 5.91 Å². The van der Waals surface area contributed by atoms with E-state index in [0.29, 0.717) is 10.5 Å². The predicted molar refractivity (Wildman–Crippen MR) is 137 cm³/mol. The fraction of sp³-hybridized carbons (Fsp3) is 0.520. The van der Waals surface area contributed by atoms with Gasteiger partial charge in [-0.3, -0.25) is 14.6 Å². The molecule has 2 aromatic rings. The quantitative estimate of drug-likeness (QED) is 0.545. The summed E-state index contributed by atoms with van der Waals surface area (Å²) in [6.45, 7) is 1.67. The van der Waals surface area contributed by atoms with Gasteiger partial charge < -0.3 is 20.9 Å². The highest BCUT2D eigenvalue weighted by molar-refractivity contribution is 7.80. The number of nitrogens with zero attached hydrogens (tertiary/aromatic N) is 2. The Balaban J connectivity index is 1.22. The molecule has 7 nitrogen and oxygen atoms in total. The van der Waals surface area contributed by atoms with Crippen molar-refractivity contribution in [1.29, 1.82) is 0 Å². The van der Waals surface area contributed by atoms with E-state index in [9.17, 15) is 9.59 Å². The molecule has 1 atom stereocenters. The minimum Gasteiger partial charge on any atom is -0.359 e. The number of carbonyl (C=O) groups is 2. The smallest absolute Gasteiger partial charge is 0.257 e. The molecular weight excluding hydrogens is 466 g/mol. The predicted octanol–water partition coefficient (Wildman–Crippen LogP) is 3.96. The van der Waals surface area contributed by atoms with Gasteiger partial charge >= 0.3 is 0 Å². The van der Waals surface area contributed by atoms with Gasteiger partial charge in [-0.1, -0.05) is 0 Å².